The Morgan fingerprint density at radius 1 is 1.33 bits per heavy atom. The van der Waals surface area contributed by atoms with Crippen molar-refractivity contribution in [3.63, 3.8) is 0 Å². The lowest BCUT2D eigenvalue weighted by atomic mass is 10.0. The van der Waals surface area contributed by atoms with Gasteiger partial charge in [-0.2, -0.15) is 17.0 Å². The average Bonchev–Trinajstić information content (AvgIpc) is 2.48. The number of rotatable bonds is 5. The molecule has 122 valence electrons. The summed E-state index contributed by atoms with van der Waals surface area (Å²) in [6.07, 6.45) is 3.74. The molecular formula is C13H24N2O5S. The predicted octanol–water partition coefficient (Wildman–Crippen LogP) is 0.529. The van der Waals surface area contributed by atoms with Crippen LogP contribution in [-0.2, 0) is 19.7 Å². The molecule has 2 rings (SSSR count). The summed E-state index contributed by atoms with van der Waals surface area (Å²) in [5.41, 5.74) is 0. The highest BCUT2D eigenvalue weighted by molar-refractivity contribution is 7.86. The van der Waals surface area contributed by atoms with Crippen molar-refractivity contribution >= 4 is 16.2 Å². The van der Waals surface area contributed by atoms with Crippen LogP contribution in [0.25, 0.3) is 0 Å². The maximum absolute atomic E-state index is 12.6. The van der Waals surface area contributed by atoms with E-state index in [9.17, 15) is 18.3 Å². The third-order valence-corrected chi connectivity index (χ3v) is 6.17. The van der Waals surface area contributed by atoms with E-state index in [2.05, 4.69) is 0 Å². The van der Waals surface area contributed by atoms with Gasteiger partial charge in [0.15, 0.2) is 0 Å². The Morgan fingerprint density at radius 2 is 2.10 bits per heavy atom. The van der Waals surface area contributed by atoms with Gasteiger partial charge in [-0.3, -0.25) is 4.79 Å². The molecule has 0 radical (unpaired) electrons. The number of hydrogen-bond acceptors (Lipinski definition) is 4. The molecule has 0 spiro atoms. The summed E-state index contributed by atoms with van der Waals surface area (Å²) in [5.74, 6) is -0.876. The Hall–Kier alpha value is -0.700. The van der Waals surface area contributed by atoms with E-state index in [0.29, 0.717) is 26.0 Å². The SMILES string of the molecule is CN(CC1CCCOC1)S(=O)(=O)N1CCCCC1C(=O)O. The largest absolute Gasteiger partial charge is 0.480 e. The normalized spacial score (nSPS) is 28.7. The summed E-state index contributed by atoms with van der Waals surface area (Å²) in [6.45, 7) is 1.97. The molecular weight excluding hydrogens is 296 g/mol. The van der Waals surface area contributed by atoms with Crippen molar-refractivity contribution in [3.8, 4) is 0 Å². The van der Waals surface area contributed by atoms with Gasteiger partial charge in [-0.1, -0.05) is 0 Å². The molecule has 0 saturated carbocycles. The van der Waals surface area contributed by atoms with E-state index in [1.54, 1.807) is 0 Å². The molecule has 2 unspecified atom stereocenters. The summed E-state index contributed by atoms with van der Waals surface area (Å²) < 4.78 is 33.0. The standard InChI is InChI=1S/C13H24N2O5S/c1-14(9-11-5-4-8-20-10-11)21(18,19)15-7-3-2-6-12(15)13(16)17/h11-12H,2-10H2,1H3,(H,16,17). The van der Waals surface area contributed by atoms with Gasteiger partial charge in [-0.15, -0.1) is 0 Å². The maximum atomic E-state index is 12.6. The van der Waals surface area contributed by atoms with Crippen LogP contribution in [0.1, 0.15) is 32.1 Å². The third kappa shape index (κ3) is 3.94. The van der Waals surface area contributed by atoms with E-state index >= 15 is 0 Å². The highest BCUT2D eigenvalue weighted by atomic mass is 32.2. The first kappa shape index (κ1) is 16.7. The molecule has 7 nitrogen and oxygen atoms in total. The van der Waals surface area contributed by atoms with Gasteiger partial charge in [0, 0.05) is 26.7 Å². The van der Waals surface area contributed by atoms with Crippen molar-refractivity contribution < 1.29 is 23.1 Å². The van der Waals surface area contributed by atoms with Crippen molar-refractivity contribution in [2.75, 3.05) is 33.4 Å². The average molecular weight is 320 g/mol. The third-order valence-electron chi connectivity index (χ3n) is 4.20. The maximum Gasteiger partial charge on any atom is 0.322 e. The van der Waals surface area contributed by atoms with Crippen molar-refractivity contribution in [3.05, 3.63) is 0 Å². The summed E-state index contributed by atoms with van der Waals surface area (Å²) in [5, 5.41) is 9.23. The van der Waals surface area contributed by atoms with Gasteiger partial charge >= 0.3 is 5.97 Å². The van der Waals surface area contributed by atoms with Crippen molar-refractivity contribution in [2.45, 2.75) is 38.1 Å². The molecule has 0 aliphatic carbocycles. The molecule has 2 heterocycles. The van der Waals surface area contributed by atoms with Crippen LogP contribution in [0.5, 0.6) is 0 Å². The highest BCUT2D eigenvalue weighted by Gasteiger charge is 2.39. The first-order valence-electron chi connectivity index (χ1n) is 7.46. The van der Waals surface area contributed by atoms with Crippen LogP contribution >= 0.6 is 0 Å². The molecule has 0 aromatic carbocycles. The molecule has 0 aromatic rings. The minimum Gasteiger partial charge on any atom is -0.480 e. The summed E-state index contributed by atoms with van der Waals surface area (Å²) in [4.78, 5) is 11.3. The van der Waals surface area contributed by atoms with Gasteiger partial charge < -0.3 is 9.84 Å². The Bertz CT molecular complexity index is 461. The van der Waals surface area contributed by atoms with Crippen LogP contribution in [0.3, 0.4) is 0 Å². The quantitative estimate of drug-likeness (QED) is 0.798. The fourth-order valence-corrected chi connectivity index (χ4v) is 4.65. The van der Waals surface area contributed by atoms with E-state index in [4.69, 9.17) is 4.74 Å². The van der Waals surface area contributed by atoms with E-state index in [-0.39, 0.29) is 12.5 Å². The molecule has 2 saturated heterocycles. The smallest absolute Gasteiger partial charge is 0.322 e. The van der Waals surface area contributed by atoms with Gasteiger partial charge in [-0.25, -0.2) is 0 Å². The van der Waals surface area contributed by atoms with Crippen LogP contribution in [0.4, 0.5) is 0 Å². The molecule has 8 heteroatoms. The van der Waals surface area contributed by atoms with Crippen molar-refractivity contribution in [1.29, 1.82) is 0 Å². The Labute approximate surface area is 126 Å². The fraction of sp³-hybridized carbons (Fsp3) is 0.923. The van der Waals surface area contributed by atoms with Gasteiger partial charge in [0.2, 0.25) is 0 Å². The van der Waals surface area contributed by atoms with Crippen LogP contribution in [0, 0.1) is 5.92 Å². The van der Waals surface area contributed by atoms with Gasteiger partial charge in [0.1, 0.15) is 6.04 Å². The lowest BCUT2D eigenvalue weighted by Gasteiger charge is -2.36. The van der Waals surface area contributed by atoms with Crippen LogP contribution in [-0.4, -0.2) is 67.5 Å². The van der Waals surface area contributed by atoms with Crippen LogP contribution < -0.4 is 0 Å². The first-order valence-corrected chi connectivity index (χ1v) is 8.86. The second-order valence-corrected chi connectivity index (χ2v) is 7.82. The lowest BCUT2D eigenvalue weighted by molar-refractivity contribution is -0.142. The zero-order chi connectivity index (χ0) is 15.5. The summed E-state index contributed by atoms with van der Waals surface area (Å²) >= 11 is 0. The van der Waals surface area contributed by atoms with Crippen molar-refractivity contribution in [2.24, 2.45) is 5.92 Å². The molecule has 0 aromatic heterocycles. The van der Waals surface area contributed by atoms with E-state index < -0.39 is 22.2 Å². The first-order chi connectivity index (χ1) is 9.93. The Kier molecular flexibility index (Phi) is 5.59. The number of carboxylic acids is 1. The molecule has 21 heavy (non-hydrogen) atoms. The molecule has 2 fully saturated rings. The Morgan fingerprint density at radius 3 is 2.71 bits per heavy atom. The zero-order valence-electron chi connectivity index (χ0n) is 12.4. The second kappa shape index (κ2) is 7.04. The van der Waals surface area contributed by atoms with Gasteiger partial charge in [0.25, 0.3) is 10.2 Å². The monoisotopic (exact) mass is 320 g/mol. The van der Waals surface area contributed by atoms with Crippen molar-refractivity contribution in [1.82, 2.24) is 8.61 Å². The van der Waals surface area contributed by atoms with Crippen LogP contribution in [0.2, 0.25) is 0 Å². The summed E-state index contributed by atoms with van der Waals surface area (Å²) in [7, 11) is -2.20. The minimum absolute atomic E-state index is 0.187. The molecule has 2 aliphatic heterocycles. The Balaban J connectivity index is 2.05. The molecule has 2 aliphatic rings. The fourth-order valence-electron chi connectivity index (χ4n) is 3.02. The predicted molar refractivity (Wildman–Crippen MR) is 77.1 cm³/mol. The zero-order valence-corrected chi connectivity index (χ0v) is 13.2. The van der Waals surface area contributed by atoms with Gasteiger partial charge in [0.05, 0.1) is 6.61 Å². The van der Waals surface area contributed by atoms with Gasteiger partial charge in [-0.05, 0) is 38.0 Å². The number of ether oxygens (including phenoxy) is 1. The number of piperidine rings is 1. The molecule has 1 N–H and O–H groups in total. The number of carboxylic acid groups (broad SMARTS) is 1. The number of carbonyl (C=O) groups is 1. The highest BCUT2D eigenvalue weighted by Crippen LogP contribution is 2.24. The van der Waals surface area contributed by atoms with E-state index in [1.165, 1.54) is 11.4 Å². The summed E-state index contributed by atoms with van der Waals surface area (Å²) in [6, 6.07) is -0.936. The number of hydrogen-bond donors (Lipinski definition) is 1. The van der Waals surface area contributed by atoms with Crippen LogP contribution in [0.15, 0.2) is 0 Å². The topological polar surface area (TPSA) is 87.2 Å². The lowest BCUT2D eigenvalue weighted by Crippen LogP contribution is -2.53. The number of nitrogens with zero attached hydrogens (tertiary/aromatic N) is 2. The number of aliphatic carboxylic acids is 1. The molecule has 2 atom stereocenters. The molecule has 0 amide bonds. The van der Waals surface area contributed by atoms with E-state index in [1.807, 2.05) is 0 Å². The minimum atomic E-state index is -3.73. The molecule has 0 bridgehead atoms. The van der Waals surface area contributed by atoms with E-state index in [0.717, 1.165) is 30.2 Å². The second-order valence-electron chi connectivity index (χ2n) is 5.83.